The molecule has 0 fully saturated rings. The maximum absolute atomic E-state index is 4.69. The van der Waals surface area contributed by atoms with Crippen molar-refractivity contribution in [2.75, 3.05) is 0 Å². The summed E-state index contributed by atoms with van der Waals surface area (Å²) in [5, 5.41) is 0. The van der Waals surface area contributed by atoms with Crippen LogP contribution in [-0.4, -0.2) is 0 Å². The number of rotatable bonds is 7. The smallest absolute Gasteiger partial charge is 0.0695 e. The summed E-state index contributed by atoms with van der Waals surface area (Å²) in [5.74, 6) is 0. The summed E-state index contributed by atoms with van der Waals surface area (Å²) in [6.45, 7) is 0. The Morgan fingerprint density at radius 2 is 0.460 bits per heavy atom. The van der Waals surface area contributed by atoms with Crippen LogP contribution in [0.3, 0.4) is 0 Å². The van der Waals surface area contributed by atoms with Crippen LogP contribution in [-0.2, 0) is 4.32 Å². The minimum Gasteiger partial charge on any atom is -0.0695 e. The summed E-state index contributed by atoms with van der Waals surface area (Å²) in [6.07, 6.45) is 0. The minimum atomic E-state index is -0.802. The predicted molar refractivity (Wildman–Crippen MR) is 216 cm³/mol. The Morgan fingerprint density at radius 3 is 0.740 bits per heavy atom. The number of hydrogen-bond donors (Lipinski definition) is 0. The first-order valence-electron chi connectivity index (χ1n) is 17.1. The van der Waals surface area contributed by atoms with Crippen molar-refractivity contribution in [1.29, 1.82) is 0 Å². The molecular weight excluding hydrogens is 668 g/mol. The zero-order valence-electron chi connectivity index (χ0n) is 27.6. The maximum Gasteiger partial charge on any atom is 0.103 e. The molecule has 0 saturated carbocycles. The van der Waals surface area contributed by atoms with E-state index >= 15 is 0 Å². The van der Waals surface area contributed by atoms with E-state index in [-0.39, 0.29) is 0 Å². The first kappa shape index (κ1) is 31.5. The normalized spacial score (nSPS) is 14.4. The Bertz CT molecular complexity index is 2160. The van der Waals surface area contributed by atoms with Gasteiger partial charge in [-0.05, 0) is 72.4 Å². The van der Waals surface area contributed by atoms with Crippen molar-refractivity contribution in [1.82, 2.24) is 0 Å². The third kappa shape index (κ3) is 5.70. The van der Waals surface area contributed by atoms with Gasteiger partial charge in [0.2, 0.25) is 0 Å². The van der Waals surface area contributed by atoms with E-state index in [9.17, 15) is 0 Å². The number of alkyl halides is 1. The van der Waals surface area contributed by atoms with Crippen LogP contribution in [0.2, 0.25) is 0 Å². The Morgan fingerprint density at radius 1 is 0.240 bits per heavy atom. The van der Waals surface area contributed by atoms with E-state index in [1.54, 1.807) is 0 Å². The molecule has 0 heterocycles. The highest BCUT2D eigenvalue weighted by atomic mass is 79.9. The van der Waals surface area contributed by atoms with Gasteiger partial charge in [0.05, 0.1) is 0 Å². The predicted octanol–water partition coefficient (Wildman–Crippen LogP) is 13.1. The van der Waals surface area contributed by atoms with Crippen LogP contribution in [0.15, 0.2) is 212 Å². The summed E-state index contributed by atoms with van der Waals surface area (Å²) in [6, 6.07) is 76.6. The van der Waals surface area contributed by atoms with Crippen LogP contribution in [0, 0.1) is 0 Å². The zero-order chi connectivity index (χ0) is 33.8. The largest absolute Gasteiger partial charge is 0.103 e. The number of benzene rings is 7. The van der Waals surface area contributed by atoms with Crippen LogP contribution in [0.5, 0.6) is 0 Å². The summed E-state index contributed by atoms with van der Waals surface area (Å²) in [5.41, 5.74) is 15.2. The van der Waals surface area contributed by atoms with Crippen LogP contribution in [0.1, 0.15) is 38.9 Å². The van der Waals surface area contributed by atoms with E-state index in [1.165, 1.54) is 33.4 Å². The molecule has 0 radical (unpaired) electrons. The van der Waals surface area contributed by atoms with Gasteiger partial charge < -0.3 is 0 Å². The minimum absolute atomic E-state index is 0.802. The highest BCUT2D eigenvalue weighted by Gasteiger charge is 2.46. The SMILES string of the molecule is BrC1(c2ccccc2)C(c2ccccc2)=C(c2ccccc2)C(c2ccccc2)=C(c2ccccc2)C(c2ccccc2)=C1c1ccccc1. The van der Waals surface area contributed by atoms with Crippen LogP contribution >= 0.6 is 15.9 Å². The average molecular weight is 704 g/mol. The second kappa shape index (κ2) is 14.0. The molecule has 0 aromatic heterocycles. The van der Waals surface area contributed by atoms with Gasteiger partial charge in [-0.25, -0.2) is 0 Å². The van der Waals surface area contributed by atoms with Crippen molar-refractivity contribution in [3.63, 3.8) is 0 Å². The molecule has 238 valence electrons. The number of halogens is 1. The van der Waals surface area contributed by atoms with Crippen LogP contribution < -0.4 is 0 Å². The number of hydrogen-bond acceptors (Lipinski definition) is 0. The molecule has 1 aliphatic rings. The van der Waals surface area contributed by atoms with Crippen molar-refractivity contribution >= 4 is 49.4 Å². The van der Waals surface area contributed by atoms with Gasteiger partial charge in [-0.3, -0.25) is 0 Å². The quantitative estimate of drug-likeness (QED) is 0.145. The second-order valence-corrected chi connectivity index (χ2v) is 13.7. The van der Waals surface area contributed by atoms with Gasteiger partial charge in [0, 0.05) is 0 Å². The van der Waals surface area contributed by atoms with E-state index < -0.39 is 4.32 Å². The molecule has 7 aromatic rings. The van der Waals surface area contributed by atoms with E-state index in [0.717, 1.165) is 38.9 Å². The lowest BCUT2D eigenvalue weighted by atomic mass is 9.73. The van der Waals surface area contributed by atoms with Crippen molar-refractivity contribution in [2.24, 2.45) is 0 Å². The fourth-order valence-corrected chi connectivity index (χ4v) is 8.51. The standard InChI is InChI=1S/C49H35Br/c50-49(42-34-20-7-21-35-42)47(40-30-16-5-17-31-40)45(38-26-12-3-13-27-38)43(36-22-8-1-9-23-36)44(37-24-10-2-11-25-37)46(39-28-14-4-15-29-39)48(49)41-32-18-6-19-33-41/h1-35H. The highest BCUT2D eigenvalue weighted by Crippen LogP contribution is 2.63. The first-order chi connectivity index (χ1) is 24.7. The first-order valence-corrected chi connectivity index (χ1v) is 17.9. The fourth-order valence-electron chi connectivity index (χ4n) is 7.40. The van der Waals surface area contributed by atoms with E-state index in [1.807, 2.05) is 0 Å². The molecule has 0 aliphatic heterocycles. The van der Waals surface area contributed by atoms with Gasteiger partial charge in [0.15, 0.2) is 0 Å². The van der Waals surface area contributed by atoms with E-state index in [0.29, 0.717) is 0 Å². The van der Waals surface area contributed by atoms with Gasteiger partial charge in [-0.2, -0.15) is 0 Å². The van der Waals surface area contributed by atoms with Crippen molar-refractivity contribution in [3.05, 3.63) is 251 Å². The Hall–Kier alpha value is -5.76. The van der Waals surface area contributed by atoms with Gasteiger partial charge in [0.25, 0.3) is 0 Å². The highest BCUT2D eigenvalue weighted by molar-refractivity contribution is 9.10. The monoisotopic (exact) mass is 702 g/mol. The van der Waals surface area contributed by atoms with Crippen LogP contribution in [0.4, 0.5) is 0 Å². The zero-order valence-corrected chi connectivity index (χ0v) is 29.2. The Balaban J connectivity index is 1.74. The lowest BCUT2D eigenvalue weighted by Crippen LogP contribution is -2.24. The molecule has 0 N–H and O–H groups in total. The Labute approximate surface area is 303 Å². The fraction of sp³-hybridized carbons (Fsp3) is 0.0204. The third-order valence-electron chi connectivity index (χ3n) is 9.49. The van der Waals surface area contributed by atoms with Crippen LogP contribution in [0.25, 0.3) is 33.4 Å². The lowest BCUT2D eigenvalue weighted by molar-refractivity contribution is 1.06. The van der Waals surface area contributed by atoms with Gasteiger partial charge in [-0.1, -0.05) is 228 Å². The molecular formula is C49H35Br. The van der Waals surface area contributed by atoms with E-state index in [2.05, 4.69) is 212 Å². The molecule has 0 unspecified atom stereocenters. The topological polar surface area (TPSA) is 0 Å². The molecule has 8 rings (SSSR count). The van der Waals surface area contributed by atoms with Gasteiger partial charge in [0.1, 0.15) is 4.32 Å². The molecule has 0 atom stereocenters. The summed E-state index contributed by atoms with van der Waals surface area (Å²) in [7, 11) is 0. The molecule has 0 amide bonds. The second-order valence-electron chi connectivity index (χ2n) is 12.5. The molecule has 0 saturated heterocycles. The maximum atomic E-state index is 4.69. The average Bonchev–Trinajstić information content (AvgIpc) is 3.31. The molecule has 1 aliphatic carbocycles. The van der Waals surface area contributed by atoms with Crippen molar-refractivity contribution in [2.45, 2.75) is 4.32 Å². The summed E-state index contributed by atoms with van der Waals surface area (Å²) in [4.78, 5) is 0. The lowest BCUT2D eigenvalue weighted by Gasteiger charge is -2.37. The summed E-state index contributed by atoms with van der Waals surface area (Å²) < 4.78 is -0.802. The molecule has 7 aromatic carbocycles. The molecule has 0 nitrogen and oxygen atoms in total. The molecule has 0 bridgehead atoms. The molecule has 50 heavy (non-hydrogen) atoms. The van der Waals surface area contributed by atoms with Crippen molar-refractivity contribution in [3.8, 4) is 0 Å². The molecule has 0 spiro atoms. The van der Waals surface area contributed by atoms with Crippen molar-refractivity contribution < 1.29 is 0 Å². The van der Waals surface area contributed by atoms with Gasteiger partial charge in [-0.15, -0.1) is 0 Å². The Kier molecular flexibility index (Phi) is 8.82. The van der Waals surface area contributed by atoms with E-state index in [4.69, 9.17) is 15.9 Å². The molecule has 1 heteroatoms. The number of allylic oxidation sites excluding steroid dienone is 6. The summed E-state index contributed by atoms with van der Waals surface area (Å²) >= 11 is 4.69. The third-order valence-corrected chi connectivity index (χ3v) is 10.7. The van der Waals surface area contributed by atoms with Gasteiger partial charge >= 0.3 is 0 Å².